The van der Waals surface area contributed by atoms with Gasteiger partial charge < -0.3 is 15.5 Å². The molecule has 0 unspecified atom stereocenters. The lowest BCUT2D eigenvalue weighted by molar-refractivity contribution is 0.101. The molecule has 8 heteroatoms. The van der Waals surface area contributed by atoms with Gasteiger partial charge in [0.05, 0.1) is 0 Å². The maximum Gasteiger partial charge on any atom is 0.261 e. The number of benzene rings is 2. The first-order valence-electron chi connectivity index (χ1n) is 8.35. The predicted octanol–water partition coefficient (Wildman–Crippen LogP) is 4.25. The van der Waals surface area contributed by atoms with E-state index in [1.807, 2.05) is 25.2 Å². The minimum Gasteiger partial charge on any atom is -0.371 e. The number of halogens is 4. The SMILES string of the molecule is CN(c1cccc(NC(=O)c2c(F)cccc2F)c1)C1CCNCC1.Cl.Cl. The number of piperidine rings is 1. The third-order valence-corrected chi connectivity index (χ3v) is 4.56. The Labute approximate surface area is 170 Å². The first kappa shape index (κ1) is 23.1. The van der Waals surface area contributed by atoms with E-state index in [4.69, 9.17) is 0 Å². The molecule has 2 aromatic rings. The Kier molecular flexibility index (Phi) is 8.96. The van der Waals surface area contributed by atoms with Crippen LogP contribution in [0.4, 0.5) is 20.2 Å². The van der Waals surface area contributed by atoms with E-state index in [1.54, 1.807) is 6.07 Å². The highest BCUT2D eigenvalue weighted by atomic mass is 35.5. The summed E-state index contributed by atoms with van der Waals surface area (Å²) >= 11 is 0. The Morgan fingerprint density at radius 3 is 2.30 bits per heavy atom. The summed E-state index contributed by atoms with van der Waals surface area (Å²) in [6.45, 7) is 1.97. The van der Waals surface area contributed by atoms with Crippen LogP contribution in [0.25, 0.3) is 0 Å². The fourth-order valence-corrected chi connectivity index (χ4v) is 3.12. The lowest BCUT2D eigenvalue weighted by atomic mass is 10.0. The minimum atomic E-state index is -0.875. The van der Waals surface area contributed by atoms with Crippen molar-refractivity contribution in [1.29, 1.82) is 0 Å². The molecule has 1 fully saturated rings. The standard InChI is InChI=1S/C19H21F2N3O.2ClH/c1-24(14-8-10-22-11-9-14)15-5-2-4-13(12-15)23-19(25)18-16(20)6-3-7-17(18)21;;/h2-7,12,14,22H,8-11H2,1H3,(H,23,25);2*1H. The summed E-state index contributed by atoms with van der Waals surface area (Å²) in [5.41, 5.74) is 0.893. The fourth-order valence-electron chi connectivity index (χ4n) is 3.12. The number of hydrogen-bond acceptors (Lipinski definition) is 3. The van der Waals surface area contributed by atoms with Crippen molar-refractivity contribution in [3.05, 3.63) is 59.7 Å². The second-order valence-corrected chi connectivity index (χ2v) is 6.19. The molecule has 1 aliphatic heterocycles. The Morgan fingerprint density at radius 2 is 1.67 bits per heavy atom. The van der Waals surface area contributed by atoms with Gasteiger partial charge in [0.2, 0.25) is 0 Å². The van der Waals surface area contributed by atoms with E-state index in [9.17, 15) is 13.6 Å². The number of nitrogens with zero attached hydrogens (tertiary/aromatic N) is 1. The summed E-state index contributed by atoms with van der Waals surface area (Å²) in [6, 6.07) is 11.1. The van der Waals surface area contributed by atoms with Crippen molar-refractivity contribution in [3.63, 3.8) is 0 Å². The maximum atomic E-state index is 13.7. The molecule has 1 saturated heterocycles. The number of hydrogen-bond donors (Lipinski definition) is 2. The molecule has 3 rings (SSSR count). The van der Waals surface area contributed by atoms with Crippen LogP contribution in [0, 0.1) is 11.6 Å². The molecule has 2 N–H and O–H groups in total. The first-order chi connectivity index (χ1) is 12.1. The largest absolute Gasteiger partial charge is 0.371 e. The third kappa shape index (κ3) is 5.54. The predicted molar refractivity (Wildman–Crippen MR) is 110 cm³/mol. The van der Waals surface area contributed by atoms with Crippen molar-refractivity contribution in [2.75, 3.05) is 30.4 Å². The van der Waals surface area contributed by atoms with E-state index in [0.29, 0.717) is 11.7 Å². The quantitative estimate of drug-likeness (QED) is 0.781. The van der Waals surface area contributed by atoms with Crippen molar-refractivity contribution in [3.8, 4) is 0 Å². The number of nitrogens with one attached hydrogen (secondary N) is 2. The van der Waals surface area contributed by atoms with E-state index in [2.05, 4.69) is 15.5 Å². The summed E-state index contributed by atoms with van der Waals surface area (Å²) in [4.78, 5) is 14.4. The molecule has 148 valence electrons. The molecule has 0 aromatic heterocycles. The summed E-state index contributed by atoms with van der Waals surface area (Å²) in [5, 5.41) is 5.91. The average Bonchev–Trinajstić information content (AvgIpc) is 2.62. The van der Waals surface area contributed by atoms with Gasteiger partial charge in [-0.1, -0.05) is 12.1 Å². The zero-order valence-electron chi connectivity index (χ0n) is 14.9. The Balaban J connectivity index is 0.00000182. The third-order valence-electron chi connectivity index (χ3n) is 4.56. The van der Waals surface area contributed by atoms with Crippen LogP contribution < -0.4 is 15.5 Å². The van der Waals surface area contributed by atoms with Crippen molar-refractivity contribution in [1.82, 2.24) is 5.32 Å². The molecule has 1 aliphatic rings. The normalized spacial score (nSPS) is 13.9. The van der Waals surface area contributed by atoms with Crippen LogP contribution in [0.3, 0.4) is 0 Å². The molecule has 0 spiro atoms. The molecule has 0 atom stereocenters. The Hall–Kier alpha value is -1.89. The molecular formula is C19H23Cl2F2N3O. The summed E-state index contributed by atoms with van der Waals surface area (Å²) in [5.74, 6) is -2.54. The Morgan fingerprint density at radius 1 is 1.07 bits per heavy atom. The zero-order chi connectivity index (χ0) is 17.8. The fraction of sp³-hybridized carbons (Fsp3) is 0.316. The lowest BCUT2D eigenvalue weighted by Gasteiger charge is -2.33. The van der Waals surface area contributed by atoms with Crippen LogP contribution in [0.15, 0.2) is 42.5 Å². The second-order valence-electron chi connectivity index (χ2n) is 6.19. The topological polar surface area (TPSA) is 44.4 Å². The van der Waals surface area contributed by atoms with E-state index in [0.717, 1.165) is 43.8 Å². The molecule has 27 heavy (non-hydrogen) atoms. The molecule has 1 amide bonds. The van der Waals surface area contributed by atoms with Crippen LogP contribution in [-0.4, -0.2) is 32.1 Å². The maximum absolute atomic E-state index is 13.7. The molecule has 1 heterocycles. The number of amides is 1. The van der Waals surface area contributed by atoms with Gasteiger partial charge in [0.1, 0.15) is 17.2 Å². The monoisotopic (exact) mass is 417 g/mol. The molecule has 0 aliphatic carbocycles. The molecular weight excluding hydrogens is 395 g/mol. The van der Waals surface area contributed by atoms with E-state index < -0.39 is 23.1 Å². The average molecular weight is 418 g/mol. The van der Waals surface area contributed by atoms with Crippen molar-refractivity contribution in [2.24, 2.45) is 0 Å². The van der Waals surface area contributed by atoms with Gasteiger partial charge in [0.25, 0.3) is 5.91 Å². The lowest BCUT2D eigenvalue weighted by Crippen LogP contribution is -2.41. The van der Waals surface area contributed by atoms with Gasteiger partial charge in [-0.25, -0.2) is 8.78 Å². The van der Waals surface area contributed by atoms with Gasteiger partial charge in [-0.05, 0) is 56.3 Å². The van der Waals surface area contributed by atoms with E-state index >= 15 is 0 Å². The van der Waals surface area contributed by atoms with Crippen LogP contribution in [0.2, 0.25) is 0 Å². The van der Waals surface area contributed by atoms with Crippen molar-refractivity contribution in [2.45, 2.75) is 18.9 Å². The molecule has 0 bridgehead atoms. The highest BCUT2D eigenvalue weighted by molar-refractivity contribution is 6.04. The molecule has 2 aromatic carbocycles. The minimum absolute atomic E-state index is 0. The summed E-state index contributed by atoms with van der Waals surface area (Å²) in [7, 11) is 2.02. The number of rotatable bonds is 4. The summed E-state index contributed by atoms with van der Waals surface area (Å²) < 4.78 is 27.5. The van der Waals surface area contributed by atoms with Crippen molar-refractivity contribution < 1.29 is 13.6 Å². The molecule has 4 nitrogen and oxygen atoms in total. The van der Waals surface area contributed by atoms with Crippen LogP contribution in [-0.2, 0) is 0 Å². The Bertz CT molecular complexity index is 750. The van der Waals surface area contributed by atoms with Gasteiger partial charge in [0, 0.05) is 24.5 Å². The van der Waals surface area contributed by atoms with Crippen molar-refractivity contribution >= 4 is 42.1 Å². The van der Waals surface area contributed by atoms with Crippen LogP contribution >= 0.6 is 24.8 Å². The highest BCUT2D eigenvalue weighted by Crippen LogP contribution is 2.24. The number of carbonyl (C=O) groups is 1. The van der Waals surface area contributed by atoms with Gasteiger partial charge in [0.15, 0.2) is 0 Å². The first-order valence-corrected chi connectivity index (χ1v) is 8.35. The molecule has 0 radical (unpaired) electrons. The smallest absolute Gasteiger partial charge is 0.261 e. The van der Waals surface area contributed by atoms with Gasteiger partial charge in [-0.15, -0.1) is 24.8 Å². The zero-order valence-corrected chi connectivity index (χ0v) is 16.5. The van der Waals surface area contributed by atoms with E-state index in [-0.39, 0.29) is 24.8 Å². The van der Waals surface area contributed by atoms with Gasteiger partial charge in [-0.3, -0.25) is 4.79 Å². The van der Waals surface area contributed by atoms with Gasteiger partial charge >= 0.3 is 0 Å². The number of anilines is 2. The number of carbonyl (C=O) groups excluding carboxylic acids is 1. The van der Waals surface area contributed by atoms with E-state index in [1.165, 1.54) is 6.07 Å². The second kappa shape index (κ2) is 10.4. The van der Waals surface area contributed by atoms with Crippen LogP contribution in [0.5, 0.6) is 0 Å². The summed E-state index contributed by atoms with van der Waals surface area (Å²) in [6.07, 6.45) is 2.10. The molecule has 0 saturated carbocycles. The van der Waals surface area contributed by atoms with Crippen LogP contribution in [0.1, 0.15) is 23.2 Å². The highest BCUT2D eigenvalue weighted by Gasteiger charge is 2.20. The van der Waals surface area contributed by atoms with Gasteiger partial charge in [-0.2, -0.15) is 0 Å².